The van der Waals surface area contributed by atoms with Gasteiger partial charge in [0.25, 0.3) is 0 Å². The van der Waals surface area contributed by atoms with Crippen LogP contribution >= 0.6 is 0 Å². The van der Waals surface area contributed by atoms with Crippen molar-refractivity contribution in [1.29, 1.82) is 0 Å². The molecule has 0 unspecified atom stereocenters. The molecule has 0 heterocycles. The highest BCUT2D eigenvalue weighted by Gasteiger charge is 2.09. The van der Waals surface area contributed by atoms with Gasteiger partial charge in [0, 0.05) is 6.07 Å². The molecule has 0 bridgehead atoms. The van der Waals surface area contributed by atoms with Crippen LogP contribution in [-0.4, -0.2) is 28.2 Å². The number of allylic oxidation sites excluding steroid dienone is 1. The lowest BCUT2D eigenvalue weighted by Crippen LogP contribution is -1.94. The topological polar surface area (TPSA) is 87.0 Å². The molecule has 0 aliphatic rings. The van der Waals surface area contributed by atoms with Gasteiger partial charge in [-0.05, 0) is 35.9 Å². The van der Waals surface area contributed by atoms with Crippen molar-refractivity contribution in [2.24, 2.45) is 0 Å². The number of phenolic OH excluding ortho intramolecular Hbond substituents is 3. The van der Waals surface area contributed by atoms with Crippen molar-refractivity contribution in [3.8, 4) is 23.0 Å². The van der Waals surface area contributed by atoms with E-state index in [1.165, 1.54) is 37.5 Å². The van der Waals surface area contributed by atoms with Gasteiger partial charge in [0.1, 0.15) is 11.5 Å². The van der Waals surface area contributed by atoms with E-state index in [9.17, 15) is 20.1 Å². The van der Waals surface area contributed by atoms with Gasteiger partial charge in [-0.2, -0.15) is 0 Å². The van der Waals surface area contributed by atoms with Crippen molar-refractivity contribution in [3.05, 3.63) is 53.6 Å². The van der Waals surface area contributed by atoms with Crippen molar-refractivity contribution in [3.63, 3.8) is 0 Å². The molecule has 5 nitrogen and oxygen atoms in total. The third kappa shape index (κ3) is 3.33. The molecule has 21 heavy (non-hydrogen) atoms. The maximum Gasteiger partial charge on any atom is 0.189 e. The zero-order chi connectivity index (χ0) is 15.4. The van der Waals surface area contributed by atoms with Gasteiger partial charge in [0.15, 0.2) is 17.3 Å². The molecule has 0 aliphatic carbocycles. The fourth-order valence-electron chi connectivity index (χ4n) is 1.79. The van der Waals surface area contributed by atoms with E-state index < -0.39 is 5.78 Å². The van der Waals surface area contributed by atoms with Crippen molar-refractivity contribution < 1.29 is 24.9 Å². The largest absolute Gasteiger partial charge is 0.508 e. The number of phenols is 3. The van der Waals surface area contributed by atoms with Gasteiger partial charge in [-0.1, -0.05) is 12.1 Å². The first kappa shape index (κ1) is 14.5. The Balaban J connectivity index is 2.22. The molecule has 0 saturated carbocycles. The normalized spacial score (nSPS) is 10.7. The Hall–Kier alpha value is -2.95. The maximum atomic E-state index is 12.0. The van der Waals surface area contributed by atoms with Gasteiger partial charge in [-0.15, -0.1) is 0 Å². The second kappa shape index (κ2) is 6.00. The molecule has 2 aromatic carbocycles. The lowest BCUT2D eigenvalue weighted by Gasteiger charge is -2.04. The summed E-state index contributed by atoms with van der Waals surface area (Å²) in [5.41, 5.74) is 0.756. The Bertz CT molecular complexity index is 704. The van der Waals surface area contributed by atoms with E-state index in [0.29, 0.717) is 11.3 Å². The van der Waals surface area contributed by atoms with Crippen LogP contribution in [0.25, 0.3) is 6.08 Å². The summed E-state index contributed by atoms with van der Waals surface area (Å²) in [5.74, 6) is -0.488. The number of rotatable bonds is 4. The summed E-state index contributed by atoms with van der Waals surface area (Å²) in [6.07, 6.45) is 2.83. The van der Waals surface area contributed by atoms with E-state index in [1.807, 2.05) is 0 Å². The summed E-state index contributed by atoms with van der Waals surface area (Å²) in [7, 11) is 1.43. The first-order chi connectivity index (χ1) is 10.0. The SMILES string of the molecule is COc1cc(/C=C/C(=O)c2ccc(O)cc2O)ccc1O. The fourth-order valence-corrected chi connectivity index (χ4v) is 1.79. The second-order valence-corrected chi connectivity index (χ2v) is 4.33. The Morgan fingerprint density at radius 1 is 1.05 bits per heavy atom. The molecule has 2 aromatic rings. The molecule has 3 N–H and O–H groups in total. The van der Waals surface area contributed by atoms with Crippen LogP contribution in [0.1, 0.15) is 15.9 Å². The molecule has 0 radical (unpaired) electrons. The molecular formula is C16H14O5. The minimum Gasteiger partial charge on any atom is -0.508 e. The van der Waals surface area contributed by atoms with Gasteiger partial charge in [-0.3, -0.25) is 4.79 Å². The van der Waals surface area contributed by atoms with Crippen molar-refractivity contribution >= 4 is 11.9 Å². The molecule has 0 saturated heterocycles. The summed E-state index contributed by atoms with van der Waals surface area (Å²) < 4.78 is 4.97. The monoisotopic (exact) mass is 286 g/mol. The highest BCUT2D eigenvalue weighted by atomic mass is 16.5. The van der Waals surface area contributed by atoms with Gasteiger partial charge < -0.3 is 20.1 Å². The van der Waals surface area contributed by atoms with Crippen molar-refractivity contribution in [2.45, 2.75) is 0 Å². The predicted octanol–water partition coefficient (Wildman–Crippen LogP) is 2.71. The number of methoxy groups -OCH3 is 1. The summed E-state index contributed by atoms with van der Waals surface area (Å²) in [5, 5.41) is 28.3. The number of benzene rings is 2. The first-order valence-corrected chi connectivity index (χ1v) is 6.12. The van der Waals surface area contributed by atoms with E-state index in [-0.39, 0.29) is 22.8 Å². The highest BCUT2D eigenvalue weighted by Crippen LogP contribution is 2.27. The Kier molecular flexibility index (Phi) is 4.13. The van der Waals surface area contributed by atoms with E-state index in [2.05, 4.69) is 0 Å². The highest BCUT2D eigenvalue weighted by molar-refractivity contribution is 6.08. The first-order valence-electron chi connectivity index (χ1n) is 6.12. The van der Waals surface area contributed by atoms with Crippen LogP contribution < -0.4 is 4.74 Å². The summed E-state index contributed by atoms with van der Waals surface area (Å²) in [6.45, 7) is 0. The van der Waals surface area contributed by atoms with E-state index in [4.69, 9.17) is 4.74 Å². The standard InChI is InChI=1S/C16H14O5/c1-21-16-8-10(3-7-14(16)19)2-6-13(18)12-5-4-11(17)9-15(12)20/h2-9,17,19-20H,1H3/b6-2+. The van der Waals surface area contributed by atoms with Crippen LogP contribution in [0.2, 0.25) is 0 Å². The van der Waals surface area contributed by atoms with E-state index >= 15 is 0 Å². The number of aromatic hydroxyl groups is 3. The predicted molar refractivity (Wildman–Crippen MR) is 77.8 cm³/mol. The van der Waals surface area contributed by atoms with E-state index in [0.717, 1.165) is 6.07 Å². The van der Waals surface area contributed by atoms with Crippen molar-refractivity contribution in [2.75, 3.05) is 7.11 Å². The number of hydrogen-bond donors (Lipinski definition) is 3. The summed E-state index contributed by atoms with van der Waals surface area (Å²) in [6, 6.07) is 8.43. The molecule has 108 valence electrons. The lowest BCUT2D eigenvalue weighted by atomic mass is 10.1. The van der Waals surface area contributed by atoms with Crippen LogP contribution in [0.15, 0.2) is 42.5 Å². The molecule has 0 atom stereocenters. The van der Waals surface area contributed by atoms with Crippen LogP contribution in [0.3, 0.4) is 0 Å². The van der Waals surface area contributed by atoms with Crippen LogP contribution in [0.4, 0.5) is 0 Å². The van der Waals surface area contributed by atoms with Crippen molar-refractivity contribution in [1.82, 2.24) is 0 Å². The lowest BCUT2D eigenvalue weighted by molar-refractivity contribution is 0.104. The minimum absolute atomic E-state index is 0.0113. The molecule has 0 spiro atoms. The van der Waals surface area contributed by atoms with Crippen LogP contribution in [0, 0.1) is 0 Å². The quantitative estimate of drug-likeness (QED) is 0.594. The molecule has 5 heteroatoms. The van der Waals surface area contributed by atoms with Crippen LogP contribution in [0.5, 0.6) is 23.0 Å². The number of ether oxygens (including phenoxy) is 1. The molecule has 0 fully saturated rings. The average Bonchev–Trinajstić information content (AvgIpc) is 2.46. The summed E-state index contributed by atoms with van der Waals surface area (Å²) in [4.78, 5) is 12.0. The van der Waals surface area contributed by atoms with Crippen LogP contribution in [-0.2, 0) is 0 Å². The molecule has 0 amide bonds. The third-order valence-electron chi connectivity index (χ3n) is 2.88. The molecular weight excluding hydrogens is 272 g/mol. The smallest absolute Gasteiger partial charge is 0.189 e. The van der Waals surface area contributed by atoms with Gasteiger partial charge in [-0.25, -0.2) is 0 Å². The fraction of sp³-hybridized carbons (Fsp3) is 0.0625. The number of hydrogen-bond acceptors (Lipinski definition) is 5. The number of ketones is 1. The Morgan fingerprint density at radius 3 is 2.48 bits per heavy atom. The molecule has 0 aliphatic heterocycles. The summed E-state index contributed by atoms with van der Waals surface area (Å²) >= 11 is 0. The van der Waals surface area contributed by atoms with E-state index in [1.54, 1.807) is 12.1 Å². The van der Waals surface area contributed by atoms with Gasteiger partial charge in [0.2, 0.25) is 0 Å². The zero-order valence-corrected chi connectivity index (χ0v) is 11.3. The molecule has 0 aromatic heterocycles. The second-order valence-electron chi connectivity index (χ2n) is 4.33. The Morgan fingerprint density at radius 2 is 1.81 bits per heavy atom. The number of carbonyl (C=O) groups excluding carboxylic acids is 1. The Labute approximate surface area is 121 Å². The maximum absolute atomic E-state index is 12.0. The minimum atomic E-state index is -0.403. The number of carbonyl (C=O) groups is 1. The third-order valence-corrected chi connectivity index (χ3v) is 2.88. The van der Waals surface area contributed by atoms with Gasteiger partial charge >= 0.3 is 0 Å². The zero-order valence-electron chi connectivity index (χ0n) is 11.3. The average molecular weight is 286 g/mol. The van der Waals surface area contributed by atoms with Gasteiger partial charge in [0.05, 0.1) is 12.7 Å². The molecule has 2 rings (SSSR count).